The third-order valence-corrected chi connectivity index (χ3v) is 8.72. The number of rotatable bonds is 3. The highest BCUT2D eigenvalue weighted by molar-refractivity contribution is 5.94. The van der Waals surface area contributed by atoms with Gasteiger partial charge in [-0.05, 0) is 43.9 Å². The molecule has 222 valence electrons. The van der Waals surface area contributed by atoms with E-state index in [4.69, 9.17) is 0 Å². The number of alkyl halides is 3. The molecule has 3 amide bonds. The first-order valence-electron chi connectivity index (χ1n) is 13.9. The maximum absolute atomic E-state index is 14.7. The van der Waals surface area contributed by atoms with Crippen molar-refractivity contribution in [2.24, 2.45) is 0 Å². The Bertz CT molecular complexity index is 1490. The number of nitrogens with zero attached hydrogens (tertiary/aromatic N) is 4. The van der Waals surface area contributed by atoms with Crippen LogP contribution < -0.4 is 10.6 Å². The van der Waals surface area contributed by atoms with E-state index in [-0.39, 0.29) is 48.8 Å². The lowest BCUT2D eigenvalue weighted by Crippen LogP contribution is -2.51. The molecule has 1 fully saturated rings. The fraction of sp³-hybridized carbons (Fsp3) is 0.448. The molecule has 2 atom stereocenters. The lowest BCUT2D eigenvalue weighted by Gasteiger charge is -2.44. The maximum Gasteiger partial charge on any atom is 0.394 e. The van der Waals surface area contributed by atoms with Gasteiger partial charge in [0.15, 0.2) is 0 Å². The van der Waals surface area contributed by atoms with Gasteiger partial charge in [0.25, 0.3) is 0 Å². The fourth-order valence-electron chi connectivity index (χ4n) is 6.68. The van der Waals surface area contributed by atoms with E-state index in [0.717, 1.165) is 23.9 Å². The molecule has 0 bridgehead atoms. The van der Waals surface area contributed by atoms with Crippen molar-refractivity contribution in [3.05, 3.63) is 77.0 Å². The highest BCUT2D eigenvalue weighted by atomic mass is 19.4. The van der Waals surface area contributed by atoms with Crippen molar-refractivity contribution in [2.45, 2.75) is 68.6 Å². The number of amides is 3. The molecular formula is C29H29F5N6O2. The fourth-order valence-corrected chi connectivity index (χ4v) is 6.68. The maximum atomic E-state index is 14.7. The molecule has 5 heterocycles. The number of hydrogen-bond acceptors (Lipinski definition) is 4. The zero-order valence-corrected chi connectivity index (χ0v) is 22.6. The van der Waals surface area contributed by atoms with Crippen LogP contribution in [0, 0.1) is 11.6 Å². The molecule has 1 spiro atoms. The SMILES string of the molecule is O=C1CC2(CCN(C(=O)N[C@@H]3CC[C@@H](c4c(F)cccc4F)Cn4c(CC(F)(F)F)cnc43)CC2)c2cccnc2N1. The first-order valence-corrected chi connectivity index (χ1v) is 13.9. The van der Waals surface area contributed by atoms with Crippen molar-refractivity contribution in [3.8, 4) is 0 Å². The van der Waals surface area contributed by atoms with Crippen LogP contribution in [0.1, 0.15) is 66.7 Å². The van der Waals surface area contributed by atoms with Crippen LogP contribution in [0.25, 0.3) is 0 Å². The molecule has 0 aliphatic carbocycles. The quantitative estimate of drug-likeness (QED) is 0.403. The number of imidazole rings is 1. The summed E-state index contributed by atoms with van der Waals surface area (Å²) in [5.74, 6) is -1.66. The van der Waals surface area contributed by atoms with Crippen LogP contribution in [0.2, 0.25) is 0 Å². The number of carbonyl (C=O) groups is 2. The molecule has 13 heteroatoms. The standard InChI is InChI=1S/C29H29F5N6O2/c30-20-4-1-5-21(31)24(20)17-6-7-22(26-36-15-18(40(26)16-17)13-29(32,33)34)37-27(42)39-11-8-28(9-12-39)14-23(41)38-25-19(28)3-2-10-35-25/h1-5,10,15,17,22H,6-9,11-14,16H2,(H,37,42)(H,35,38,41)/t17-,22-/m1/s1. The van der Waals surface area contributed by atoms with Gasteiger partial charge >= 0.3 is 12.2 Å². The summed E-state index contributed by atoms with van der Waals surface area (Å²) in [4.78, 5) is 36.0. The van der Waals surface area contributed by atoms with Gasteiger partial charge in [0.05, 0.1) is 12.5 Å². The van der Waals surface area contributed by atoms with Gasteiger partial charge in [-0.2, -0.15) is 13.2 Å². The smallest absolute Gasteiger partial charge is 0.329 e. The predicted octanol–water partition coefficient (Wildman–Crippen LogP) is 5.37. The largest absolute Gasteiger partial charge is 0.394 e. The molecule has 8 nitrogen and oxygen atoms in total. The number of nitrogens with one attached hydrogen (secondary N) is 2. The number of halogens is 5. The van der Waals surface area contributed by atoms with Crippen LogP contribution in [-0.2, 0) is 23.2 Å². The number of carbonyl (C=O) groups excluding carboxylic acids is 2. The summed E-state index contributed by atoms with van der Waals surface area (Å²) < 4.78 is 70.9. The summed E-state index contributed by atoms with van der Waals surface area (Å²) in [5.41, 5.74) is 0.183. The molecule has 2 aromatic heterocycles. The first kappa shape index (κ1) is 28.1. The number of piperidine rings is 1. The second kappa shape index (κ2) is 10.7. The third kappa shape index (κ3) is 5.32. The Labute approximate surface area is 238 Å². The van der Waals surface area contributed by atoms with Gasteiger partial charge in [0, 0.05) is 66.6 Å². The molecule has 0 saturated carbocycles. The predicted molar refractivity (Wildman–Crippen MR) is 142 cm³/mol. The Morgan fingerprint density at radius 1 is 1.07 bits per heavy atom. The van der Waals surface area contributed by atoms with Crippen molar-refractivity contribution < 1.29 is 31.5 Å². The number of pyridine rings is 1. The van der Waals surface area contributed by atoms with Crippen molar-refractivity contribution in [1.82, 2.24) is 24.8 Å². The number of benzene rings is 1. The highest BCUT2D eigenvalue weighted by Crippen LogP contribution is 2.44. The average Bonchev–Trinajstić information content (AvgIpc) is 3.21. The number of fused-ring (bicyclic) bond motifs is 3. The first-order chi connectivity index (χ1) is 20.0. The van der Waals surface area contributed by atoms with Gasteiger partial charge in [0.1, 0.15) is 23.3 Å². The van der Waals surface area contributed by atoms with Gasteiger partial charge in [-0.25, -0.2) is 23.5 Å². The monoisotopic (exact) mass is 588 g/mol. The van der Waals surface area contributed by atoms with Crippen molar-refractivity contribution in [2.75, 3.05) is 18.4 Å². The lowest BCUT2D eigenvalue weighted by molar-refractivity contribution is -0.128. The Morgan fingerprint density at radius 3 is 2.52 bits per heavy atom. The normalized spacial score (nSPS) is 21.7. The number of hydrogen-bond donors (Lipinski definition) is 2. The highest BCUT2D eigenvalue weighted by Gasteiger charge is 2.44. The van der Waals surface area contributed by atoms with Gasteiger partial charge < -0.3 is 20.1 Å². The van der Waals surface area contributed by atoms with E-state index >= 15 is 0 Å². The van der Waals surface area contributed by atoms with Crippen LogP contribution >= 0.6 is 0 Å². The van der Waals surface area contributed by atoms with Crippen molar-refractivity contribution in [1.29, 1.82) is 0 Å². The summed E-state index contributed by atoms with van der Waals surface area (Å²) in [5, 5.41) is 5.73. The zero-order valence-electron chi connectivity index (χ0n) is 22.6. The Morgan fingerprint density at radius 2 is 1.81 bits per heavy atom. The van der Waals surface area contributed by atoms with Crippen LogP contribution in [0.3, 0.4) is 0 Å². The number of aromatic nitrogens is 3. The van der Waals surface area contributed by atoms with E-state index in [1.807, 2.05) is 12.1 Å². The summed E-state index contributed by atoms with van der Waals surface area (Å²) in [6.45, 7) is 0.612. The summed E-state index contributed by atoms with van der Waals surface area (Å²) in [7, 11) is 0. The Balaban J connectivity index is 1.22. The summed E-state index contributed by atoms with van der Waals surface area (Å²) >= 11 is 0. The van der Waals surface area contributed by atoms with E-state index in [9.17, 15) is 31.5 Å². The molecule has 1 saturated heterocycles. The molecule has 3 aromatic rings. The van der Waals surface area contributed by atoms with Gasteiger partial charge in [-0.1, -0.05) is 12.1 Å². The van der Waals surface area contributed by atoms with E-state index in [1.54, 1.807) is 11.1 Å². The number of anilines is 1. The molecule has 0 radical (unpaired) electrons. The van der Waals surface area contributed by atoms with Crippen molar-refractivity contribution in [3.63, 3.8) is 0 Å². The van der Waals surface area contributed by atoms with Gasteiger partial charge in [-0.3, -0.25) is 4.79 Å². The minimum atomic E-state index is -4.52. The molecule has 0 unspecified atom stereocenters. The molecular weight excluding hydrogens is 559 g/mol. The molecule has 42 heavy (non-hydrogen) atoms. The third-order valence-electron chi connectivity index (χ3n) is 8.72. The van der Waals surface area contributed by atoms with Gasteiger partial charge in [0.2, 0.25) is 5.91 Å². The van der Waals surface area contributed by atoms with Crippen LogP contribution in [-0.4, -0.2) is 50.6 Å². The van der Waals surface area contributed by atoms with Crippen molar-refractivity contribution >= 4 is 17.8 Å². The van der Waals surface area contributed by atoms with Crippen LogP contribution in [0.5, 0.6) is 0 Å². The second-order valence-corrected chi connectivity index (χ2v) is 11.3. The molecule has 3 aliphatic rings. The minimum Gasteiger partial charge on any atom is -0.329 e. The number of urea groups is 1. The zero-order chi connectivity index (χ0) is 29.6. The van der Waals surface area contributed by atoms with E-state index < -0.39 is 47.6 Å². The topological polar surface area (TPSA) is 92.2 Å². The Hall–Kier alpha value is -4.03. The van der Waals surface area contributed by atoms with Crippen LogP contribution in [0.4, 0.5) is 32.6 Å². The molecule has 6 rings (SSSR count). The van der Waals surface area contributed by atoms with Crippen LogP contribution in [0.15, 0.2) is 42.7 Å². The summed E-state index contributed by atoms with van der Waals surface area (Å²) in [6, 6.07) is 6.07. The second-order valence-electron chi connectivity index (χ2n) is 11.3. The molecule has 1 aromatic carbocycles. The molecule has 2 N–H and O–H groups in total. The minimum absolute atomic E-state index is 0.104. The summed E-state index contributed by atoms with van der Waals surface area (Å²) in [6.07, 6.45) is -1.23. The average molecular weight is 589 g/mol. The van der Waals surface area contributed by atoms with E-state index in [1.165, 1.54) is 10.6 Å². The molecule has 3 aliphatic heterocycles. The number of likely N-dealkylation sites (tertiary alicyclic amines) is 1. The van der Waals surface area contributed by atoms with Gasteiger partial charge in [-0.15, -0.1) is 0 Å². The Kier molecular flexibility index (Phi) is 7.14. The van der Waals surface area contributed by atoms with E-state index in [0.29, 0.717) is 31.7 Å². The van der Waals surface area contributed by atoms with E-state index in [2.05, 4.69) is 20.6 Å². The lowest BCUT2D eigenvalue weighted by atomic mass is 9.69.